The van der Waals surface area contributed by atoms with Crippen molar-refractivity contribution in [2.24, 2.45) is 4.99 Å². The van der Waals surface area contributed by atoms with Crippen molar-refractivity contribution >= 4 is 35.8 Å². The van der Waals surface area contributed by atoms with Crippen LogP contribution in [0.2, 0.25) is 0 Å². The van der Waals surface area contributed by atoms with Crippen LogP contribution in [0.3, 0.4) is 0 Å². The molecule has 0 aliphatic carbocycles. The van der Waals surface area contributed by atoms with Gasteiger partial charge in [-0.2, -0.15) is 5.10 Å². The summed E-state index contributed by atoms with van der Waals surface area (Å²) >= 11 is 0. The molecule has 31 heavy (non-hydrogen) atoms. The van der Waals surface area contributed by atoms with Crippen molar-refractivity contribution in [3.63, 3.8) is 0 Å². The average Bonchev–Trinajstić information content (AvgIpc) is 3.42. The van der Waals surface area contributed by atoms with Crippen molar-refractivity contribution in [2.75, 3.05) is 19.6 Å². The van der Waals surface area contributed by atoms with Crippen molar-refractivity contribution in [2.45, 2.75) is 58.7 Å². The summed E-state index contributed by atoms with van der Waals surface area (Å²) in [6.07, 6.45) is 7.38. The van der Waals surface area contributed by atoms with Crippen LogP contribution in [0.25, 0.3) is 0 Å². The van der Waals surface area contributed by atoms with Gasteiger partial charge in [0.05, 0.1) is 13.1 Å². The van der Waals surface area contributed by atoms with E-state index >= 15 is 0 Å². The Kier molecular flexibility index (Phi) is 10.8. The maximum Gasteiger partial charge on any atom is 0.222 e. The van der Waals surface area contributed by atoms with E-state index < -0.39 is 0 Å². The predicted octanol–water partition coefficient (Wildman–Crippen LogP) is 3.40. The lowest BCUT2D eigenvalue weighted by Crippen LogP contribution is -2.42. The van der Waals surface area contributed by atoms with Gasteiger partial charge in [0.1, 0.15) is 0 Å². The van der Waals surface area contributed by atoms with Crippen LogP contribution in [0.5, 0.6) is 0 Å². The molecule has 170 valence electrons. The highest BCUT2D eigenvalue weighted by atomic mass is 127. The first-order chi connectivity index (χ1) is 14.7. The van der Waals surface area contributed by atoms with Crippen molar-refractivity contribution in [3.05, 3.63) is 53.9 Å². The molecule has 1 atom stereocenters. The zero-order chi connectivity index (χ0) is 21.2. The summed E-state index contributed by atoms with van der Waals surface area (Å²) in [5, 5.41) is 11.1. The van der Waals surface area contributed by atoms with Crippen LogP contribution in [0.15, 0.2) is 47.7 Å². The Bertz CT molecular complexity index is 823. The molecule has 0 spiro atoms. The smallest absolute Gasteiger partial charge is 0.222 e. The number of carbonyl (C=O) groups excluding carboxylic acids is 1. The highest BCUT2D eigenvalue weighted by Gasteiger charge is 2.26. The molecule has 1 saturated heterocycles. The molecule has 1 aromatic heterocycles. The second kappa shape index (κ2) is 13.3. The third-order valence-corrected chi connectivity index (χ3v) is 5.55. The summed E-state index contributed by atoms with van der Waals surface area (Å²) in [5.41, 5.74) is 2.42. The summed E-state index contributed by atoms with van der Waals surface area (Å²) < 4.78 is 1.93. The van der Waals surface area contributed by atoms with Gasteiger partial charge in [0.25, 0.3) is 0 Å². The number of aromatic nitrogens is 2. The van der Waals surface area contributed by atoms with Crippen LogP contribution in [-0.2, 0) is 17.9 Å². The van der Waals surface area contributed by atoms with E-state index in [-0.39, 0.29) is 24.0 Å². The minimum atomic E-state index is 0. The Balaban J connectivity index is 0.00000341. The number of amides is 1. The second-order valence-corrected chi connectivity index (χ2v) is 7.64. The Hall–Kier alpha value is -2.10. The molecule has 1 aliphatic heterocycles. The van der Waals surface area contributed by atoms with Crippen molar-refractivity contribution in [1.82, 2.24) is 25.3 Å². The normalized spacial score (nSPS) is 15.0. The Morgan fingerprint density at radius 1 is 1.19 bits per heavy atom. The zero-order valence-corrected chi connectivity index (χ0v) is 20.9. The molecule has 1 fully saturated rings. The number of aliphatic imine (C=N–C) groups is 1. The number of rotatable bonds is 10. The van der Waals surface area contributed by atoms with Crippen LogP contribution in [-0.4, -0.2) is 52.2 Å². The number of halogens is 1. The Morgan fingerprint density at radius 3 is 2.65 bits per heavy atom. The SMILES string of the molecule is CCNC(=NCc1ccccc1Cn1cccn1)NCCC(CC)N1CCCC1=O.I. The van der Waals surface area contributed by atoms with Gasteiger partial charge in [0, 0.05) is 44.5 Å². The van der Waals surface area contributed by atoms with Gasteiger partial charge in [-0.1, -0.05) is 31.2 Å². The van der Waals surface area contributed by atoms with Gasteiger partial charge in [-0.3, -0.25) is 9.48 Å². The summed E-state index contributed by atoms with van der Waals surface area (Å²) in [7, 11) is 0. The molecule has 2 N–H and O–H groups in total. The number of nitrogens with one attached hydrogen (secondary N) is 2. The van der Waals surface area contributed by atoms with Gasteiger partial charge in [0.2, 0.25) is 5.91 Å². The quantitative estimate of drug-likeness (QED) is 0.276. The highest BCUT2D eigenvalue weighted by Crippen LogP contribution is 2.17. The van der Waals surface area contributed by atoms with Crippen LogP contribution in [0.4, 0.5) is 0 Å². The third kappa shape index (κ3) is 7.52. The summed E-state index contributed by atoms with van der Waals surface area (Å²) in [5.74, 6) is 1.12. The van der Waals surface area contributed by atoms with Gasteiger partial charge in [0.15, 0.2) is 5.96 Å². The number of carbonyl (C=O) groups is 1. The standard InChI is InChI=1S/C23H34N6O.HI/c1-3-21(29-16-7-11-22(29)30)12-14-25-23(24-4-2)26-17-19-9-5-6-10-20(19)18-28-15-8-13-27-28;/h5-6,8-10,13,15,21H,3-4,7,11-12,14,16-18H2,1-2H3,(H2,24,25,26);1H. The summed E-state index contributed by atoms with van der Waals surface area (Å²) in [4.78, 5) is 18.9. The van der Waals surface area contributed by atoms with E-state index in [4.69, 9.17) is 4.99 Å². The fourth-order valence-corrected chi connectivity index (χ4v) is 3.93. The van der Waals surface area contributed by atoms with Gasteiger partial charge in [-0.05, 0) is 43.4 Å². The number of hydrogen-bond donors (Lipinski definition) is 2. The van der Waals surface area contributed by atoms with Crippen LogP contribution < -0.4 is 10.6 Å². The molecule has 2 heterocycles. The molecular weight excluding hydrogens is 503 g/mol. The molecule has 8 heteroatoms. The molecule has 0 radical (unpaired) electrons. The first-order valence-corrected chi connectivity index (χ1v) is 11.1. The summed E-state index contributed by atoms with van der Waals surface area (Å²) in [6.45, 7) is 8.08. The molecule has 1 aromatic carbocycles. The predicted molar refractivity (Wildman–Crippen MR) is 136 cm³/mol. The maximum atomic E-state index is 12.0. The fraction of sp³-hybridized carbons (Fsp3) is 0.522. The van der Waals surface area contributed by atoms with Crippen molar-refractivity contribution in [1.29, 1.82) is 0 Å². The number of nitrogens with zero attached hydrogens (tertiary/aromatic N) is 4. The molecular formula is C23H35IN6O. The Morgan fingerprint density at radius 2 is 2.00 bits per heavy atom. The van der Waals surface area contributed by atoms with Crippen LogP contribution >= 0.6 is 24.0 Å². The minimum Gasteiger partial charge on any atom is -0.357 e. The molecule has 1 unspecified atom stereocenters. The minimum absolute atomic E-state index is 0. The summed E-state index contributed by atoms with van der Waals surface area (Å²) in [6, 6.07) is 10.6. The first kappa shape index (κ1) is 25.2. The maximum absolute atomic E-state index is 12.0. The largest absolute Gasteiger partial charge is 0.357 e. The first-order valence-electron chi connectivity index (χ1n) is 11.1. The van der Waals surface area contributed by atoms with Crippen LogP contribution in [0, 0.1) is 0 Å². The number of hydrogen-bond acceptors (Lipinski definition) is 3. The van der Waals surface area contributed by atoms with Gasteiger partial charge in [-0.15, -0.1) is 24.0 Å². The highest BCUT2D eigenvalue weighted by molar-refractivity contribution is 14.0. The van der Waals surface area contributed by atoms with E-state index in [1.165, 1.54) is 11.1 Å². The Labute approximate surface area is 202 Å². The monoisotopic (exact) mass is 538 g/mol. The molecule has 2 aromatic rings. The lowest BCUT2D eigenvalue weighted by molar-refractivity contribution is -0.129. The number of likely N-dealkylation sites (tertiary alicyclic amines) is 1. The van der Waals surface area contributed by atoms with Crippen LogP contribution in [0.1, 0.15) is 50.7 Å². The fourth-order valence-electron chi connectivity index (χ4n) is 3.93. The van der Waals surface area contributed by atoms with Crippen molar-refractivity contribution < 1.29 is 4.79 Å². The topological polar surface area (TPSA) is 74.6 Å². The van der Waals surface area contributed by atoms with E-state index in [0.717, 1.165) is 51.4 Å². The van der Waals surface area contributed by atoms with E-state index in [0.29, 0.717) is 24.9 Å². The van der Waals surface area contributed by atoms with E-state index in [2.05, 4.69) is 58.7 Å². The molecule has 0 saturated carbocycles. The van der Waals surface area contributed by atoms with Gasteiger partial charge >= 0.3 is 0 Å². The van der Waals surface area contributed by atoms with Crippen molar-refractivity contribution in [3.8, 4) is 0 Å². The molecule has 0 bridgehead atoms. The second-order valence-electron chi connectivity index (χ2n) is 7.64. The molecule has 1 amide bonds. The lowest BCUT2D eigenvalue weighted by Gasteiger charge is -2.27. The van der Waals surface area contributed by atoms with E-state index in [9.17, 15) is 4.79 Å². The molecule has 7 nitrogen and oxygen atoms in total. The van der Waals surface area contributed by atoms with Gasteiger partial charge in [-0.25, -0.2) is 4.99 Å². The van der Waals surface area contributed by atoms with Gasteiger partial charge < -0.3 is 15.5 Å². The number of benzene rings is 1. The van der Waals surface area contributed by atoms with E-state index in [1.54, 1.807) is 6.20 Å². The number of guanidine groups is 1. The average molecular weight is 538 g/mol. The molecule has 3 rings (SSSR count). The zero-order valence-electron chi connectivity index (χ0n) is 18.6. The molecule has 1 aliphatic rings. The third-order valence-electron chi connectivity index (χ3n) is 5.55. The lowest BCUT2D eigenvalue weighted by atomic mass is 10.1. The van der Waals surface area contributed by atoms with E-state index in [1.807, 2.05) is 16.9 Å².